The lowest BCUT2D eigenvalue weighted by Crippen LogP contribution is -2.26. The van der Waals surface area contributed by atoms with Gasteiger partial charge in [-0.3, -0.25) is 0 Å². The van der Waals surface area contributed by atoms with Crippen LogP contribution in [0.4, 0.5) is 11.4 Å². The first-order chi connectivity index (χ1) is 11.5. The van der Waals surface area contributed by atoms with Crippen LogP contribution in [0.5, 0.6) is 0 Å². The molecule has 0 atom stereocenters. The molecule has 2 aromatic carbocycles. The Balaban J connectivity index is 0.00000100. The van der Waals surface area contributed by atoms with E-state index in [1.54, 1.807) is 0 Å². The first kappa shape index (κ1) is 18.1. The summed E-state index contributed by atoms with van der Waals surface area (Å²) in [5, 5.41) is 0. The molecule has 24 heavy (non-hydrogen) atoms. The maximum atomic E-state index is 2.34. The summed E-state index contributed by atoms with van der Waals surface area (Å²) in [6.07, 6.45) is 4.36. The number of hydrogen-bond acceptors (Lipinski definition) is 2. The molecular weight excluding hydrogens is 292 g/mol. The first-order valence-corrected chi connectivity index (χ1v) is 8.82. The molecule has 0 fully saturated rings. The van der Waals surface area contributed by atoms with Gasteiger partial charge in [-0.15, -0.1) is 0 Å². The fourth-order valence-electron chi connectivity index (χ4n) is 3.47. The van der Waals surface area contributed by atoms with Crippen molar-refractivity contribution in [3.8, 4) is 0 Å². The number of anilines is 2. The minimum atomic E-state index is 0.870. The van der Waals surface area contributed by atoms with E-state index in [0.717, 1.165) is 6.67 Å². The molecule has 128 valence electrons. The van der Waals surface area contributed by atoms with Crippen molar-refractivity contribution < 1.29 is 0 Å². The zero-order valence-electron chi connectivity index (χ0n) is 16.1. The van der Waals surface area contributed by atoms with Gasteiger partial charge in [0.1, 0.15) is 0 Å². The molecule has 0 saturated carbocycles. The van der Waals surface area contributed by atoms with Crippen molar-refractivity contribution in [3.05, 3.63) is 70.5 Å². The van der Waals surface area contributed by atoms with Crippen molar-refractivity contribution in [1.29, 1.82) is 0 Å². The molecule has 1 aliphatic rings. The highest BCUT2D eigenvalue weighted by molar-refractivity contribution is 5.67. The van der Waals surface area contributed by atoms with Gasteiger partial charge in [0.05, 0.1) is 6.67 Å². The Bertz CT molecular complexity index is 721. The van der Waals surface area contributed by atoms with Crippen molar-refractivity contribution in [2.24, 2.45) is 0 Å². The van der Waals surface area contributed by atoms with Crippen LogP contribution in [0.1, 0.15) is 41.7 Å². The van der Waals surface area contributed by atoms with Crippen LogP contribution in [0.15, 0.2) is 42.7 Å². The maximum Gasteiger partial charge on any atom is 0.0989 e. The maximum absolute atomic E-state index is 2.34. The van der Waals surface area contributed by atoms with Crippen LogP contribution >= 0.6 is 0 Å². The highest BCUT2D eigenvalue weighted by Gasteiger charge is 2.19. The van der Waals surface area contributed by atoms with Gasteiger partial charge in [-0.2, -0.15) is 0 Å². The highest BCUT2D eigenvalue weighted by atomic mass is 15.3. The number of nitrogens with zero attached hydrogens (tertiary/aromatic N) is 2. The lowest BCUT2D eigenvalue weighted by Gasteiger charge is -2.25. The lowest BCUT2D eigenvalue weighted by atomic mass is 10.0. The summed E-state index contributed by atoms with van der Waals surface area (Å²) < 4.78 is 0. The molecule has 0 amide bonds. The van der Waals surface area contributed by atoms with Gasteiger partial charge in [0.2, 0.25) is 0 Å². The van der Waals surface area contributed by atoms with Crippen LogP contribution in [0.2, 0.25) is 0 Å². The largest absolute Gasteiger partial charge is 0.328 e. The fourth-order valence-corrected chi connectivity index (χ4v) is 3.47. The third kappa shape index (κ3) is 3.64. The van der Waals surface area contributed by atoms with E-state index < -0.39 is 0 Å². The molecule has 0 saturated heterocycles. The van der Waals surface area contributed by atoms with Crippen molar-refractivity contribution in [1.82, 2.24) is 0 Å². The Kier molecular flexibility index (Phi) is 5.71. The average molecular weight is 322 g/mol. The summed E-state index contributed by atoms with van der Waals surface area (Å²) in [7, 11) is 0. The van der Waals surface area contributed by atoms with E-state index >= 15 is 0 Å². The normalized spacial score (nSPS) is 13.1. The zero-order chi connectivity index (χ0) is 17.9. The fraction of sp³-hybridized carbons (Fsp3) is 0.364. The second-order valence-electron chi connectivity index (χ2n) is 6.42. The molecule has 2 nitrogen and oxygen atoms in total. The summed E-state index contributed by atoms with van der Waals surface area (Å²) in [6, 6.07) is 11.2. The van der Waals surface area contributed by atoms with E-state index in [-0.39, 0.29) is 0 Å². The van der Waals surface area contributed by atoms with Crippen molar-refractivity contribution in [3.63, 3.8) is 0 Å². The summed E-state index contributed by atoms with van der Waals surface area (Å²) >= 11 is 0. The van der Waals surface area contributed by atoms with E-state index in [2.05, 4.69) is 87.2 Å². The third-order valence-corrected chi connectivity index (χ3v) is 4.32. The SMILES string of the molecule is CC.Cc1ccc(N2C=CN(c3c(C)cc(C)cc3C)C2)c(C)c1. The number of benzene rings is 2. The smallest absolute Gasteiger partial charge is 0.0989 e. The number of hydrogen-bond donors (Lipinski definition) is 0. The van der Waals surface area contributed by atoms with Gasteiger partial charge < -0.3 is 9.80 Å². The summed E-state index contributed by atoms with van der Waals surface area (Å²) in [5.74, 6) is 0. The molecule has 0 aromatic heterocycles. The lowest BCUT2D eigenvalue weighted by molar-refractivity contribution is 0.959. The van der Waals surface area contributed by atoms with Crippen LogP contribution in [-0.4, -0.2) is 6.67 Å². The Labute approximate surface area is 147 Å². The minimum absolute atomic E-state index is 0.870. The Morgan fingerprint density at radius 3 is 1.79 bits per heavy atom. The second kappa shape index (κ2) is 7.57. The predicted octanol–water partition coefficient (Wildman–Crippen LogP) is 6.01. The van der Waals surface area contributed by atoms with Gasteiger partial charge in [-0.05, 0) is 57.4 Å². The van der Waals surface area contributed by atoms with Crippen molar-refractivity contribution in [2.45, 2.75) is 48.5 Å². The Hall–Kier alpha value is -2.22. The molecule has 1 heterocycles. The van der Waals surface area contributed by atoms with Gasteiger partial charge in [-0.25, -0.2) is 0 Å². The van der Waals surface area contributed by atoms with Crippen LogP contribution in [-0.2, 0) is 0 Å². The molecule has 0 bridgehead atoms. The quantitative estimate of drug-likeness (QED) is 0.668. The van der Waals surface area contributed by atoms with E-state index in [4.69, 9.17) is 0 Å². The highest BCUT2D eigenvalue weighted by Crippen LogP contribution is 2.31. The van der Waals surface area contributed by atoms with E-state index in [0.29, 0.717) is 0 Å². The molecule has 1 aliphatic heterocycles. The molecule has 3 rings (SSSR count). The molecule has 0 spiro atoms. The standard InChI is InChI=1S/C20H24N2.C2H6/c1-14-6-7-19(16(3)10-14)21-8-9-22(13-21)20-17(4)11-15(2)12-18(20)5;1-2/h6-12H,13H2,1-5H3;1-2H3. The van der Waals surface area contributed by atoms with E-state index in [1.807, 2.05) is 13.8 Å². The number of rotatable bonds is 2. The molecule has 0 radical (unpaired) electrons. The third-order valence-electron chi connectivity index (χ3n) is 4.32. The van der Waals surface area contributed by atoms with Crippen molar-refractivity contribution >= 4 is 11.4 Å². The molecule has 0 N–H and O–H groups in total. The number of aryl methyl sites for hydroxylation is 5. The average Bonchev–Trinajstić information content (AvgIpc) is 2.97. The van der Waals surface area contributed by atoms with Gasteiger partial charge in [0, 0.05) is 23.8 Å². The van der Waals surface area contributed by atoms with Gasteiger partial charge in [-0.1, -0.05) is 49.2 Å². The first-order valence-electron chi connectivity index (χ1n) is 8.82. The van der Waals surface area contributed by atoms with Crippen LogP contribution in [0.3, 0.4) is 0 Å². The van der Waals surface area contributed by atoms with Gasteiger partial charge in [0.15, 0.2) is 0 Å². The van der Waals surface area contributed by atoms with Crippen LogP contribution in [0, 0.1) is 34.6 Å². The summed E-state index contributed by atoms with van der Waals surface area (Å²) in [6.45, 7) is 15.7. The van der Waals surface area contributed by atoms with Crippen molar-refractivity contribution in [2.75, 3.05) is 16.5 Å². The predicted molar refractivity (Wildman–Crippen MR) is 107 cm³/mol. The molecule has 0 aliphatic carbocycles. The zero-order valence-corrected chi connectivity index (χ0v) is 16.1. The van der Waals surface area contributed by atoms with Crippen LogP contribution in [0.25, 0.3) is 0 Å². The Morgan fingerprint density at radius 1 is 0.667 bits per heavy atom. The van der Waals surface area contributed by atoms with E-state index in [9.17, 15) is 0 Å². The van der Waals surface area contributed by atoms with Gasteiger partial charge >= 0.3 is 0 Å². The molecule has 0 unspecified atom stereocenters. The Morgan fingerprint density at radius 2 is 1.21 bits per heavy atom. The minimum Gasteiger partial charge on any atom is -0.328 e. The van der Waals surface area contributed by atoms with E-state index in [1.165, 1.54) is 39.2 Å². The van der Waals surface area contributed by atoms with Crippen LogP contribution < -0.4 is 9.80 Å². The summed E-state index contributed by atoms with van der Waals surface area (Å²) in [5.41, 5.74) is 9.25. The second-order valence-corrected chi connectivity index (χ2v) is 6.42. The molecule has 2 heteroatoms. The molecule has 2 aromatic rings. The monoisotopic (exact) mass is 322 g/mol. The summed E-state index contributed by atoms with van der Waals surface area (Å²) in [4.78, 5) is 4.65. The topological polar surface area (TPSA) is 6.48 Å². The molecular formula is C22H30N2. The van der Waals surface area contributed by atoms with Gasteiger partial charge in [0.25, 0.3) is 0 Å².